The Morgan fingerprint density at radius 1 is 1.10 bits per heavy atom. The van der Waals surface area contributed by atoms with Crippen LogP contribution in [0.5, 0.6) is 5.75 Å². The number of halogens is 2. The Morgan fingerprint density at radius 3 is 2.40 bits per heavy atom. The zero-order chi connectivity index (χ0) is 21.5. The molecule has 3 aromatic rings. The smallest absolute Gasteiger partial charge is 0.286 e. The second kappa shape index (κ2) is 9.56. The Hall–Kier alpha value is -3.86. The highest BCUT2D eigenvalue weighted by atomic mass is 19.1. The molecule has 8 heteroatoms. The van der Waals surface area contributed by atoms with E-state index in [4.69, 9.17) is 10.00 Å². The summed E-state index contributed by atoms with van der Waals surface area (Å²) < 4.78 is 37.9. The number of nitriles is 1. The van der Waals surface area contributed by atoms with Crippen molar-refractivity contribution < 1.29 is 23.0 Å². The molecule has 1 heterocycles. The third-order valence-electron chi connectivity index (χ3n) is 4.36. The number of carbonyl (C=O) groups is 1. The fourth-order valence-corrected chi connectivity index (χ4v) is 2.94. The van der Waals surface area contributed by atoms with E-state index in [2.05, 4.69) is 14.7 Å². The Morgan fingerprint density at radius 2 is 1.80 bits per heavy atom. The lowest BCUT2D eigenvalue weighted by molar-refractivity contribution is 0.112. The molecule has 0 unspecified atom stereocenters. The predicted octanol–water partition coefficient (Wildman–Crippen LogP) is 4.34. The topological polar surface area (TPSA) is 85.1 Å². The van der Waals surface area contributed by atoms with Gasteiger partial charge in [0.05, 0.1) is 24.2 Å². The first kappa shape index (κ1) is 20.9. The van der Waals surface area contributed by atoms with Crippen LogP contribution in [0, 0.1) is 23.2 Å². The molecule has 0 atom stereocenters. The summed E-state index contributed by atoms with van der Waals surface area (Å²) in [7, 11) is 1.19. The summed E-state index contributed by atoms with van der Waals surface area (Å²) in [6.45, 7) is 0.248. The summed E-state index contributed by atoms with van der Waals surface area (Å²) in [6, 6.07) is 8.89. The van der Waals surface area contributed by atoms with Gasteiger partial charge in [-0.25, -0.2) is 13.8 Å². The molecule has 3 rings (SSSR count). The monoisotopic (exact) mass is 409 g/mol. The standard InChI is InChI=1S/C22H17F2N3O3/c1-29-22-18(23)9-16(10-19(22)24)20-21(15-6-4-14(12-28)5-7-15)27-17(11-26-20)3-2-8-30-13-25/h4-7,9-12H,2-3,8H2,1H3. The summed E-state index contributed by atoms with van der Waals surface area (Å²) in [5.74, 6) is -2.18. The van der Waals surface area contributed by atoms with Gasteiger partial charge in [-0.05, 0) is 25.0 Å². The fourth-order valence-electron chi connectivity index (χ4n) is 2.94. The number of methoxy groups -OCH3 is 1. The molecule has 0 saturated carbocycles. The molecule has 2 aromatic carbocycles. The minimum atomic E-state index is -0.853. The van der Waals surface area contributed by atoms with Gasteiger partial charge in [0.1, 0.15) is 12.9 Å². The van der Waals surface area contributed by atoms with Crippen molar-refractivity contribution in [3.05, 3.63) is 65.5 Å². The third kappa shape index (κ3) is 4.58. The Bertz CT molecular complexity index is 1070. The average Bonchev–Trinajstić information content (AvgIpc) is 2.76. The lowest BCUT2D eigenvalue weighted by atomic mass is 10.0. The summed E-state index contributed by atoms with van der Waals surface area (Å²) in [5, 5.41) is 8.45. The van der Waals surface area contributed by atoms with E-state index in [1.54, 1.807) is 30.5 Å². The Kier molecular flexibility index (Phi) is 6.65. The van der Waals surface area contributed by atoms with Crippen molar-refractivity contribution in [2.24, 2.45) is 0 Å². The van der Waals surface area contributed by atoms with Gasteiger partial charge in [-0.3, -0.25) is 9.78 Å². The van der Waals surface area contributed by atoms with Gasteiger partial charge in [-0.2, -0.15) is 5.26 Å². The lowest BCUT2D eigenvalue weighted by Gasteiger charge is -2.12. The lowest BCUT2D eigenvalue weighted by Crippen LogP contribution is -2.02. The number of rotatable bonds is 8. The molecule has 152 valence electrons. The molecular weight excluding hydrogens is 392 g/mol. The molecule has 0 bridgehead atoms. The van der Waals surface area contributed by atoms with E-state index in [9.17, 15) is 13.6 Å². The van der Waals surface area contributed by atoms with E-state index in [1.165, 1.54) is 13.3 Å². The van der Waals surface area contributed by atoms with Crippen LogP contribution in [0.1, 0.15) is 22.5 Å². The largest absolute Gasteiger partial charge is 0.491 e. The predicted molar refractivity (Wildman–Crippen MR) is 105 cm³/mol. The van der Waals surface area contributed by atoms with Crippen molar-refractivity contribution in [1.29, 1.82) is 5.26 Å². The molecule has 0 fully saturated rings. The van der Waals surface area contributed by atoms with Gasteiger partial charge in [0, 0.05) is 22.9 Å². The first-order valence-corrected chi connectivity index (χ1v) is 9.03. The first-order chi connectivity index (χ1) is 14.6. The number of aldehydes is 1. The number of hydrogen-bond donors (Lipinski definition) is 0. The second-order valence-electron chi connectivity index (χ2n) is 6.31. The maximum atomic E-state index is 14.3. The van der Waals surface area contributed by atoms with Crippen LogP contribution in [0.15, 0.2) is 42.6 Å². The number of aromatic nitrogens is 2. The third-order valence-corrected chi connectivity index (χ3v) is 4.36. The number of aryl methyl sites for hydroxylation is 1. The maximum Gasteiger partial charge on any atom is 0.286 e. The van der Waals surface area contributed by atoms with E-state index in [0.717, 1.165) is 18.4 Å². The zero-order valence-corrected chi connectivity index (χ0v) is 16.1. The number of ether oxygens (including phenoxy) is 2. The quantitative estimate of drug-likeness (QED) is 0.313. The van der Waals surface area contributed by atoms with Crippen molar-refractivity contribution in [2.45, 2.75) is 12.8 Å². The normalized spacial score (nSPS) is 10.3. The van der Waals surface area contributed by atoms with Gasteiger partial charge in [0.15, 0.2) is 17.4 Å². The van der Waals surface area contributed by atoms with Crippen LogP contribution in [-0.2, 0) is 11.2 Å². The number of hydrogen-bond acceptors (Lipinski definition) is 6. The van der Waals surface area contributed by atoms with Gasteiger partial charge in [-0.15, -0.1) is 0 Å². The molecule has 0 amide bonds. The van der Waals surface area contributed by atoms with E-state index in [-0.39, 0.29) is 17.9 Å². The van der Waals surface area contributed by atoms with Gasteiger partial charge < -0.3 is 9.47 Å². The van der Waals surface area contributed by atoms with Crippen LogP contribution >= 0.6 is 0 Å². The Balaban J connectivity index is 2.07. The highest BCUT2D eigenvalue weighted by Crippen LogP contribution is 2.33. The fraction of sp³-hybridized carbons (Fsp3) is 0.182. The van der Waals surface area contributed by atoms with Crippen molar-refractivity contribution >= 4 is 6.29 Å². The van der Waals surface area contributed by atoms with E-state index >= 15 is 0 Å². The van der Waals surface area contributed by atoms with Crippen LogP contribution < -0.4 is 4.74 Å². The Labute approximate surface area is 171 Å². The second-order valence-corrected chi connectivity index (χ2v) is 6.31. The van der Waals surface area contributed by atoms with Crippen molar-refractivity contribution in [1.82, 2.24) is 9.97 Å². The summed E-state index contributed by atoms with van der Waals surface area (Å²) in [6.07, 6.45) is 4.90. The SMILES string of the molecule is COc1c(F)cc(-c2ncc(CCCOC#N)nc2-c2ccc(C=O)cc2)cc1F. The van der Waals surface area contributed by atoms with Gasteiger partial charge >= 0.3 is 0 Å². The summed E-state index contributed by atoms with van der Waals surface area (Å²) in [4.78, 5) is 19.9. The molecule has 0 spiro atoms. The molecule has 30 heavy (non-hydrogen) atoms. The minimum Gasteiger partial charge on any atom is -0.491 e. The van der Waals surface area contributed by atoms with Crippen LogP contribution in [0.3, 0.4) is 0 Å². The highest BCUT2D eigenvalue weighted by molar-refractivity contribution is 5.81. The highest BCUT2D eigenvalue weighted by Gasteiger charge is 2.18. The zero-order valence-electron chi connectivity index (χ0n) is 16.1. The molecule has 6 nitrogen and oxygen atoms in total. The number of carbonyl (C=O) groups excluding carboxylic acids is 1. The van der Waals surface area contributed by atoms with E-state index in [1.807, 2.05) is 0 Å². The first-order valence-electron chi connectivity index (χ1n) is 9.03. The molecule has 1 aromatic heterocycles. The van der Waals surface area contributed by atoms with Crippen LogP contribution in [0.4, 0.5) is 8.78 Å². The van der Waals surface area contributed by atoms with Crippen molar-refractivity contribution in [2.75, 3.05) is 13.7 Å². The number of nitrogens with zero attached hydrogens (tertiary/aromatic N) is 3. The maximum absolute atomic E-state index is 14.3. The molecular formula is C22H17F2N3O3. The van der Waals surface area contributed by atoms with Gasteiger partial charge in [0.25, 0.3) is 6.26 Å². The van der Waals surface area contributed by atoms with Gasteiger partial charge in [-0.1, -0.05) is 24.3 Å². The van der Waals surface area contributed by atoms with E-state index in [0.29, 0.717) is 35.4 Å². The van der Waals surface area contributed by atoms with E-state index < -0.39 is 17.4 Å². The van der Waals surface area contributed by atoms with Crippen LogP contribution in [-0.4, -0.2) is 30.0 Å². The molecule has 0 aliphatic carbocycles. The number of benzene rings is 2. The molecule has 0 aliphatic heterocycles. The van der Waals surface area contributed by atoms with Crippen LogP contribution in [0.25, 0.3) is 22.5 Å². The van der Waals surface area contributed by atoms with Crippen molar-refractivity contribution in [3.63, 3.8) is 0 Å². The van der Waals surface area contributed by atoms with Gasteiger partial charge in [0.2, 0.25) is 0 Å². The summed E-state index contributed by atoms with van der Waals surface area (Å²) in [5.41, 5.74) is 2.65. The molecule has 0 radical (unpaired) electrons. The molecule has 0 N–H and O–H groups in total. The van der Waals surface area contributed by atoms with Crippen LogP contribution in [0.2, 0.25) is 0 Å². The minimum absolute atomic E-state index is 0.201. The average molecular weight is 409 g/mol. The summed E-state index contributed by atoms with van der Waals surface area (Å²) >= 11 is 0. The molecule has 0 aliphatic rings. The van der Waals surface area contributed by atoms with Crippen molar-refractivity contribution in [3.8, 4) is 34.5 Å². The molecule has 0 saturated heterocycles.